The van der Waals surface area contributed by atoms with Crippen molar-refractivity contribution in [1.82, 2.24) is 0 Å². The van der Waals surface area contributed by atoms with Crippen LogP contribution in [0.1, 0.15) is 11.1 Å². The molecule has 0 atom stereocenters. The van der Waals surface area contributed by atoms with Crippen LogP contribution in [0.15, 0.2) is 42.5 Å². The summed E-state index contributed by atoms with van der Waals surface area (Å²) in [6.45, 7) is 3.39. The number of hydrogen-bond donors (Lipinski definition) is 2. The Morgan fingerprint density at radius 1 is 1.00 bits per heavy atom. The van der Waals surface area contributed by atoms with Gasteiger partial charge in [0.1, 0.15) is 13.2 Å². The Balaban J connectivity index is 1.76. The Hall–Kier alpha value is -2.37. The van der Waals surface area contributed by atoms with E-state index in [9.17, 15) is 9.59 Å². The van der Waals surface area contributed by atoms with E-state index in [0.29, 0.717) is 16.4 Å². The van der Waals surface area contributed by atoms with Crippen LogP contribution < -0.4 is 10.6 Å². The molecule has 0 aliphatic rings. The van der Waals surface area contributed by atoms with Crippen LogP contribution in [-0.2, 0) is 14.3 Å². The zero-order chi connectivity index (χ0) is 17.5. The summed E-state index contributed by atoms with van der Waals surface area (Å²) in [5, 5.41) is 5.95. The SMILES string of the molecule is Cc1cccc(NC(=O)COCC(=O)Nc2cc(Cl)ccc2C)c1. The second-order valence-corrected chi connectivity index (χ2v) is 5.85. The molecular formula is C18H19ClN2O3. The van der Waals surface area contributed by atoms with E-state index in [0.717, 1.165) is 11.1 Å². The highest BCUT2D eigenvalue weighted by molar-refractivity contribution is 6.31. The molecule has 2 amide bonds. The molecule has 0 fully saturated rings. The van der Waals surface area contributed by atoms with Gasteiger partial charge in [-0.05, 0) is 49.2 Å². The smallest absolute Gasteiger partial charge is 0.250 e. The number of rotatable bonds is 6. The number of nitrogens with one attached hydrogen (secondary N) is 2. The Bertz CT molecular complexity index is 747. The molecule has 2 aromatic rings. The summed E-state index contributed by atoms with van der Waals surface area (Å²) in [5.74, 6) is -0.656. The van der Waals surface area contributed by atoms with Crippen molar-refractivity contribution in [2.75, 3.05) is 23.8 Å². The van der Waals surface area contributed by atoms with E-state index < -0.39 is 0 Å². The molecule has 0 aromatic heterocycles. The molecule has 0 heterocycles. The number of anilines is 2. The maximum Gasteiger partial charge on any atom is 0.250 e. The van der Waals surface area contributed by atoms with Crippen molar-refractivity contribution in [2.24, 2.45) is 0 Å². The summed E-state index contributed by atoms with van der Waals surface area (Å²) in [6.07, 6.45) is 0. The molecule has 2 N–H and O–H groups in total. The van der Waals surface area contributed by atoms with Gasteiger partial charge in [-0.15, -0.1) is 0 Å². The van der Waals surface area contributed by atoms with Gasteiger partial charge < -0.3 is 15.4 Å². The van der Waals surface area contributed by atoms with E-state index in [1.54, 1.807) is 18.2 Å². The lowest BCUT2D eigenvalue weighted by Gasteiger charge is -2.09. The molecule has 24 heavy (non-hydrogen) atoms. The van der Waals surface area contributed by atoms with Gasteiger partial charge in [0, 0.05) is 16.4 Å². The second-order valence-electron chi connectivity index (χ2n) is 5.42. The highest BCUT2D eigenvalue weighted by Crippen LogP contribution is 2.19. The van der Waals surface area contributed by atoms with Crippen LogP contribution in [0.25, 0.3) is 0 Å². The number of carbonyl (C=O) groups is 2. The molecule has 0 aliphatic carbocycles. The van der Waals surface area contributed by atoms with Crippen LogP contribution in [0.2, 0.25) is 5.02 Å². The molecule has 0 unspecified atom stereocenters. The Kier molecular flexibility index (Phi) is 6.35. The monoisotopic (exact) mass is 346 g/mol. The fourth-order valence-corrected chi connectivity index (χ4v) is 2.24. The van der Waals surface area contributed by atoms with Gasteiger partial charge >= 0.3 is 0 Å². The first kappa shape index (κ1) is 18.0. The van der Waals surface area contributed by atoms with Gasteiger partial charge in [-0.3, -0.25) is 9.59 Å². The predicted molar refractivity (Wildman–Crippen MR) is 95.4 cm³/mol. The molecule has 126 valence electrons. The first-order chi connectivity index (χ1) is 11.4. The molecule has 0 saturated heterocycles. The molecule has 5 nitrogen and oxygen atoms in total. The van der Waals surface area contributed by atoms with Gasteiger partial charge in [0.05, 0.1) is 0 Å². The molecule has 2 rings (SSSR count). The Labute approximate surface area is 146 Å². The molecular weight excluding hydrogens is 328 g/mol. The highest BCUT2D eigenvalue weighted by Gasteiger charge is 2.08. The van der Waals surface area contributed by atoms with Crippen LogP contribution in [0.4, 0.5) is 11.4 Å². The van der Waals surface area contributed by atoms with Crippen LogP contribution in [0.3, 0.4) is 0 Å². The number of halogens is 1. The van der Waals surface area contributed by atoms with Crippen molar-refractivity contribution >= 4 is 34.8 Å². The van der Waals surface area contributed by atoms with Crippen molar-refractivity contribution in [2.45, 2.75) is 13.8 Å². The summed E-state index contributed by atoms with van der Waals surface area (Å²) in [7, 11) is 0. The van der Waals surface area contributed by atoms with Crippen molar-refractivity contribution in [1.29, 1.82) is 0 Å². The van der Waals surface area contributed by atoms with Gasteiger partial charge in [-0.1, -0.05) is 29.8 Å². The van der Waals surface area contributed by atoms with Crippen molar-refractivity contribution in [3.63, 3.8) is 0 Å². The van der Waals surface area contributed by atoms with Crippen LogP contribution in [0, 0.1) is 13.8 Å². The maximum atomic E-state index is 11.8. The third-order valence-electron chi connectivity index (χ3n) is 3.24. The average Bonchev–Trinajstić information content (AvgIpc) is 2.51. The fraction of sp³-hybridized carbons (Fsp3) is 0.222. The minimum atomic E-state index is -0.344. The first-order valence-electron chi connectivity index (χ1n) is 7.44. The summed E-state index contributed by atoms with van der Waals surface area (Å²) in [5.41, 5.74) is 3.26. The molecule has 0 radical (unpaired) electrons. The standard InChI is InChI=1S/C18H19ClN2O3/c1-12-4-3-5-15(8-12)20-17(22)10-24-11-18(23)21-16-9-14(19)7-6-13(16)2/h3-9H,10-11H2,1-2H3,(H,20,22)(H,21,23). The van der Waals surface area contributed by atoms with Gasteiger partial charge in [0.2, 0.25) is 11.8 Å². The topological polar surface area (TPSA) is 67.4 Å². The normalized spacial score (nSPS) is 10.3. The molecule has 6 heteroatoms. The van der Waals surface area contributed by atoms with Gasteiger partial charge in [0.15, 0.2) is 0 Å². The number of aryl methyl sites for hydroxylation is 2. The number of ether oxygens (including phenoxy) is 1. The number of benzene rings is 2. The molecule has 0 aliphatic heterocycles. The molecule has 0 spiro atoms. The summed E-state index contributed by atoms with van der Waals surface area (Å²) in [6, 6.07) is 12.7. The van der Waals surface area contributed by atoms with E-state index in [2.05, 4.69) is 10.6 Å². The van der Waals surface area contributed by atoms with Gasteiger partial charge in [-0.25, -0.2) is 0 Å². The van der Waals surface area contributed by atoms with E-state index >= 15 is 0 Å². The molecule has 2 aromatic carbocycles. The Morgan fingerprint density at radius 2 is 1.71 bits per heavy atom. The zero-order valence-corrected chi connectivity index (χ0v) is 14.3. The summed E-state index contributed by atoms with van der Waals surface area (Å²) in [4.78, 5) is 23.6. The maximum absolute atomic E-state index is 11.8. The Morgan fingerprint density at radius 3 is 2.42 bits per heavy atom. The fourth-order valence-electron chi connectivity index (χ4n) is 2.07. The third kappa shape index (κ3) is 5.68. The van der Waals surface area contributed by atoms with E-state index in [4.69, 9.17) is 16.3 Å². The van der Waals surface area contributed by atoms with E-state index in [-0.39, 0.29) is 25.0 Å². The zero-order valence-electron chi connectivity index (χ0n) is 13.6. The van der Waals surface area contributed by atoms with Gasteiger partial charge in [-0.2, -0.15) is 0 Å². The number of amides is 2. The van der Waals surface area contributed by atoms with Crippen molar-refractivity contribution in [3.05, 3.63) is 58.6 Å². The van der Waals surface area contributed by atoms with E-state index in [1.807, 2.05) is 38.1 Å². The number of carbonyl (C=O) groups excluding carboxylic acids is 2. The van der Waals surface area contributed by atoms with Gasteiger partial charge in [0.25, 0.3) is 0 Å². The van der Waals surface area contributed by atoms with Crippen LogP contribution >= 0.6 is 11.6 Å². The quantitative estimate of drug-likeness (QED) is 0.840. The van der Waals surface area contributed by atoms with Crippen LogP contribution in [-0.4, -0.2) is 25.0 Å². The molecule has 0 saturated carbocycles. The summed E-state index contributed by atoms with van der Waals surface area (Å²) < 4.78 is 5.14. The third-order valence-corrected chi connectivity index (χ3v) is 3.48. The lowest BCUT2D eigenvalue weighted by molar-refractivity contribution is -0.125. The first-order valence-corrected chi connectivity index (χ1v) is 7.82. The van der Waals surface area contributed by atoms with Crippen LogP contribution in [0.5, 0.6) is 0 Å². The largest absolute Gasteiger partial charge is 0.362 e. The second kappa shape index (κ2) is 8.47. The van der Waals surface area contributed by atoms with Crippen molar-refractivity contribution in [3.8, 4) is 0 Å². The number of hydrogen-bond acceptors (Lipinski definition) is 3. The average molecular weight is 347 g/mol. The lowest BCUT2D eigenvalue weighted by atomic mass is 10.2. The predicted octanol–water partition coefficient (Wildman–Crippen LogP) is 3.55. The minimum Gasteiger partial charge on any atom is -0.362 e. The highest BCUT2D eigenvalue weighted by atomic mass is 35.5. The summed E-state index contributed by atoms with van der Waals surface area (Å²) >= 11 is 5.90. The van der Waals surface area contributed by atoms with Crippen molar-refractivity contribution < 1.29 is 14.3 Å². The van der Waals surface area contributed by atoms with E-state index in [1.165, 1.54) is 0 Å². The molecule has 0 bridgehead atoms. The minimum absolute atomic E-state index is 0.199. The lowest BCUT2D eigenvalue weighted by Crippen LogP contribution is -2.24.